The Morgan fingerprint density at radius 1 is 1.09 bits per heavy atom. The number of ether oxygens (including phenoxy) is 2. The summed E-state index contributed by atoms with van der Waals surface area (Å²) in [6.45, 7) is 6.19. The average Bonchev–Trinajstić information content (AvgIpc) is 3.18. The average molecular weight is 433 g/mol. The number of nitriles is 1. The van der Waals surface area contributed by atoms with E-state index in [1.54, 1.807) is 14.2 Å². The molecule has 1 aliphatic heterocycles. The van der Waals surface area contributed by atoms with Gasteiger partial charge in [-0.05, 0) is 60.7 Å². The smallest absolute Gasteiger partial charge is 0.161 e. The van der Waals surface area contributed by atoms with Gasteiger partial charge in [0.05, 0.1) is 32.4 Å². The van der Waals surface area contributed by atoms with Gasteiger partial charge in [0, 0.05) is 40.8 Å². The van der Waals surface area contributed by atoms with Crippen molar-refractivity contribution in [3.63, 3.8) is 0 Å². The van der Waals surface area contributed by atoms with Crippen molar-refractivity contribution >= 4 is 16.6 Å². The lowest BCUT2D eigenvalue weighted by atomic mass is 9.86. The van der Waals surface area contributed by atoms with E-state index in [0.29, 0.717) is 12.3 Å². The van der Waals surface area contributed by atoms with Crippen molar-refractivity contribution in [1.82, 2.24) is 4.98 Å². The Morgan fingerprint density at radius 2 is 1.81 bits per heavy atom. The predicted molar refractivity (Wildman–Crippen MR) is 130 cm³/mol. The van der Waals surface area contributed by atoms with Crippen LogP contribution in [0.1, 0.15) is 44.6 Å². The van der Waals surface area contributed by atoms with E-state index >= 15 is 0 Å². The summed E-state index contributed by atoms with van der Waals surface area (Å²) in [4.78, 5) is 6.02. The van der Waals surface area contributed by atoms with Crippen molar-refractivity contribution in [2.75, 3.05) is 32.2 Å². The molecule has 0 radical (unpaired) electrons. The molecule has 6 nitrogen and oxygen atoms in total. The molecule has 0 bridgehead atoms. The highest BCUT2D eigenvalue weighted by molar-refractivity contribution is 5.93. The molecule has 2 heterocycles. The number of piperidine rings is 1. The van der Waals surface area contributed by atoms with Crippen molar-refractivity contribution < 1.29 is 9.47 Å². The van der Waals surface area contributed by atoms with Crippen LogP contribution in [0.15, 0.2) is 36.4 Å². The number of methoxy groups -OCH3 is 2. The Bertz CT molecular complexity index is 1150. The topological polar surface area (TPSA) is 87.3 Å². The standard InChI is InChI=1S/C26H32N4O2/c1-17(2)24-20-16-19(30-13-10-26(28,9-12-27)11-14-30)6-7-21(20)29-25(24)18-5-8-22(31-3)23(15-18)32-4/h5-8,15-17,29H,9-11,13-14,28H2,1-4H3. The van der Waals surface area contributed by atoms with Crippen LogP contribution in [0.4, 0.5) is 5.69 Å². The first-order chi connectivity index (χ1) is 15.4. The van der Waals surface area contributed by atoms with Gasteiger partial charge in [0.15, 0.2) is 11.5 Å². The number of rotatable bonds is 6. The van der Waals surface area contributed by atoms with Crippen molar-refractivity contribution in [2.45, 2.75) is 44.6 Å². The van der Waals surface area contributed by atoms with Crippen LogP contribution in [0.2, 0.25) is 0 Å². The van der Waals surface area contributed by atoms with E-state index in [9.17, 15) is 0 Å². The molecule has 2 aromatic carbocycles. The van der Waals surface area contributed by atoms with Gasteiger partial charge in [-0.15, -0.1) is 0 Å². The second-order valence-corrected chi connectivity index (χ2v) is 9.05. The van der Waals surface area contributed by atoms with Gasteiger partial charge in [0.2, 0.25) is 0 Å². The van der Waals surface area contributed by atoms with Gasteiger partial charge >= 0.3 is 0 Å². The third kappa shape index (κ3) is 4.01. The fourth-order valence-electron chi connectivity index (χ4n) is 4.76. The van der Waals surface area contributed by atoms with E-state index in [1.807, 2.05) is 12.1 Å². The molecule has 0 spiro atoms. The summed E-state index contributed by atoms with van der Waals surface area (Å²) in [5, 5.41) is 10.3. The fourth-order valence-corrected chi connectivity index (χ4v) is 4.76. The number of nitrogens with zero attached hydrogens (tertiary/aromatic N) is 2. The highest BCUT2D eigenvalue weighted by Gasteiger charge is 2.30. The number of aromatic nitrogens is 1. The molecular weight excluding hydrogens is 400 g/mol. The van der Waals surface area contributed by atoms with Crippen molar-refractivity contribution in [3.8, 4) is 28.8 Å². The second-order valence-electron chi connectivity index (χ2n) is 9.05. The summed E-state index contributed by atoms with van der Waals surface area (Å²) >= 11 is 0. The monoisotopic (exact) mass is 432 g/mol. The van der Waals surface area contributed by atoms with Gasteiger partial charge in [-0.2, -0.15) is 5.26 Å². The van der Waals surface area contributed by atoms with Crippen LogP contribution in [0.25, 0.3) is 22.2 Å². The number of anilines is 1. The number of H-pyrrole nitrogens is 1. The molecular formula is C26H32N4O2. The lowest BCUT2D eigenvalue weighted by Crippen LogP contribution is -2.50. The number of nitrogens with one attached hydrogen (secondary N) is 1. The first-order valence-corrected chi connectivity index (χ1v) is 11.2. The van der Waals surface area contributed by atoms with Gasteiger partial charge in [0.25, 0.3) is 0 Å². The van der Waals surface area contributed by atoms with Gasteiger partial charge < -0.3 is 25.1 Å². The minimum absolute atomic E-state index is 0.343. The predicted octanol–water partition coefficient (Wildman–Crippen LogP) is 5.19. The number of hydrogen-bond donors (Lipinski definition) is 2. The van der Waals surface area contributed by atoms with Crippen molar-refractivity contribution in [3.05, 3.63) is 42.0 Å². The number of hydrogen-bond acceptors (Lipinski definition) is 5. The number of aromatic amines is 1. The van der Waals surface area contributed by atoms with Crippen LogP contribution in [-0.4, -0.2) is 37.8 Å². The largest absolute Gasteiger partial charge is 0.493 e. The molecule has 3 N–H and O–H groups in total. The van der Waals surface area contributed by atoms with Gasteiger partial charge in [-0.1, -0.05) is 13.8 Å². The van der Waals surface area contributed by atoms with Crippen LogP contribution in [-0.2, 0) is 0 Å². The van der Waals surface area contributed by atoms with Crippen molar-refractivity contribution in [1.29, 1.82) is 5.26 Å². The Kier molecular flexibility index (Phi) is 6.03. The van der Waals surface area contributed by atoms with E-state index in [0.717, 1.165) is 54.2 Å². The Morgan fingerprint density at radius 3 is 2.44 bits per heavy atom. The summed E-state index contributed by atoms with van der Waals surface area (Å²) in [5.74, 6) is 1.78. The molecule has 1 aliphatic rings. The number of fused-ring (bicyclic) bond motifs is 1. The Hall–Kier alpha value is -3.17. The molecule has 0 atom stereocenters. The van der Waals surface area contributed by atoms with Crippen LogP contribution in [0.5, 0.6) is 11.5 Å². The van der Waals surface area contributed by atoms with Crippen LogP contribution in [0.3, 0.4) is 0 Å². The quantitative estimate of drug-likeness (QED) is 0.560. The summed E-state index contributed by atoms with van der Waals surface area (Å²) in [7, 11) is 3.31. The molecule has 0 amide bonds. The highest BCUT2D eigenvalue weighted by Crippen LogP contribution is 2.40. The molecule has 4 rings (SSSR count). The molecule has 1 saturated heterocycles. The second kappa shape index (κ2) is 8.76. The maximum absolute atomic E-state index is 9.06. The van der Waals surface area contributed by atoms with Gasteiger partial charge in [-0.25, -0.2) is 0 Å². The molecule has 32 heavy (non-hydrogen) atoms. The molecule has 1 fully saturated rings. The molecule has 1 aromatic heterocycles. The highest BCUT2D eigenvalue weighted by atomic mass is 16.5. The van der Waals surface area contributed by atoms with Gasteiger partial charge in [0.1, 0.15) is 0 Å². The SMILES string of the molecule is COc1ccc(-c2[nH]c3ccc(N4CCC(N)(CC#N)CC4)cc3c2C(C)C)cc1OC. The van der Waals surface area contributed by atoms with E-state index in [2.05, 4.69) is 54.1 Å². The Balaban J connectivity index is 1.72. The summed E-state index contributed by atoms with van der Waals surface area (Å²) in [5.41, 5.74) is 11.9. The normalized spacial score (nSPS) is 15.7. The molecule has 3 aromatic rings. The van der Waals surface area contributed by atoms with E-state index in [-0.39, 0.29) is 5.54 Å². The van der Waals surface area contributed by atoms with Crippen LogP contribution >= 0.6 is 0 Å². The summed E-state index contributed by atoms with van der Waals surface area (Å²) in [6, 6.07) is 14.9. The lowest BCUT2D eigenvalue weighted by molar-refractivity contribution is 0.339. The Labute approximate surface area is 189 Å². The molecule has 0 saturated carbocycles. The maximum atomic E-state index is 9.06. The number of nitrogens with two attached hydrogens (primary N) is 1. The minimum Gasteiger partial charge on any atom is -0.493 e. The van der Waals surface area contributed by atoms with E-state index in [1.165, 1.54) is 16.6 Å². The molecule has 168 valence electrons. The van der Waals surface area contributed by atoms with E-state index < -0.39 is 0 Å². The van der Waals surface area contributed by atoms with Gasteiger partial charge in [-0.3, -0.25) is 0 Å². The molecule has 6 heteroatoms. The third-order valence-electron chi connectivity index (χ3n) is 6.63. The molecule has 0 aliphatic carbocycles. The lowest BCUT2D eigenvalue weighted by Gasteiger charge is -2.39. The zero-order valence-electron chi connectivity index (χ0n) is 19.4. The zero-order chi connectivity index (χ0) is 22.9. The minimum atomic E-state index is -0.354. The first kappa shape index (κ1) is 22.0. The van der Waals surface area contributed by atoms with Crippen LogP contribution in [0, 0.1) is 11.3 Å². The third-order valence-corrected chi connectivity index (χ3v) is 6.63. The van der Waals surface area contributed by atoms with Crippen LogP contribution < -0.4 is 20.1 Å². The van der Waals surface area contributed by atoms with Crippen molar-refractivity contribution in [2.24, 2.45) is 5.73 Å². The molecule has 0 unspecified atom stereocenters. The first-order valence-electron chi connectivity index (χ1n) is 11.2. The zero-order valence-corrected chi connectivity index (χ0v) is 19.4. The summed E-state index contributed by atoms with van der Waals surface area (Å²) < 4.78 is 10.9. The summed E-state index contributed by atoms with van der Waals surface area (Å²) in [6.07, 6.45) is 2.09. The fraction of sp³-hybridized carbons (Fsp3) is 0.423. The maximum Gasteiger partial charge on any atom is 0.161 e. The number of benzene rings is 2. The van der Waals surface area contributed by atoms with E-state index in [4.69, 9.17) is 20.5 Å².